The molecule has 0 aliphatic carbocycles. The molecule has 0 saturated carbocycles. The first-order chi connectivity index (χ1) is 8.47. The summed E-state index contributed by atoms with van der Waals surface area (Å²) in [5, 5.41) is 14.6. The minimum Gasteiger partial charge on any atom is -0.386 e. The van der Waals surface area contributed by atoms with Gasteiger partial charge in [-0.15, -0.1) is 0 Å². The zero-order valence-electron chi connectivity index (χ0n) is 10.2. The van der Waals surface area contributed by atoms with E-state index in [-0.39, 0.29) is 5.02 Å². The Morgan fingerprint density at radius 3 is 2.67 bits per heavy atom. The average molecular weight is 269 g/mol. The molecular formula is C13H14ClFN2O. The normalized spacial score (nSPS) is 12.7. The standard InChI is InChI=1S/C13H14ClFN2O/c1-8-5-9(2)17(16-8)7-13(18)11-4-3-10(15)6-12(11)14/h3-6,13,18H,7H2,1-2H3/t13-/m1/s1. The summed E-state index contributed by atoms with van der Waals surface area (Å²) in [7, 11) is 0. The lowest BCUT2D eigenvalue weighted by molar-refractivity contribution is 0.150. The lowest BCUT2D eigenvalue weighted by Gasteiger charge is -2.14. The molecule has 0 aliphatic rings. The molecule has 1 aromatic heterocycles. The molecule has 1 N–H and O–H groups in total. The molecule has 1 aromatic carbocycles. The highest BCUT2D eigenvalue weighted by Gasteiger charge is 2.14. The van der Waals surface area contributed by atoms with Gasteiger partial charge >= 0.3 is 0 Å². The first kappa shape index (κ1) is 13.1. The van der Waals surface area contributed by atoms with Crippen molar-refractivity contribution in [1.82, 2.24) is 9.78 Å². The van der Waals surface area contributed by atoms with Gasteiger partial charge in [0.2, 0.25) is 0 Å². The van der Waals surface area contributed by atoms with E-state index in [4.69, 9.17) is 11.6 Å². The van der Waals surface area contributed by atoms with Gasteiger partial charge in [-0.3, -0.25) is 4.68 Å². The third-order valence-electron chi connectivity index (χ3n) is 2.77. The predicted octanol–water partition coefficient (Wildman–Crippen LogP) is 3.03. The molecule has 1 atom stereocenters. The summed E-state index contributed by atoms with van der Waals surface area (Å²) < 4.78 is 14.6. The molecule has 0 spiro atoms. The van der Waals surface area contributed by atoms with Crippen molar-refractivity contribution in [3.63, 3.8) is 0 Å². The van der Waals surface area contributed by atoms with Crippen LogP contribution in [0.4, 0.5) is 4.39 Å². The Morgan fingerprint density at radius 1 is 1.39 bits per heavy atom. The fraction of sp³-hybridized carbons (Fsp3) is 0.308. The van der Waals surface area contributed by atoms with Gasteiger partial charge in [0, 0.05) is 16.3 Å². The number of aryl methyl sites for hydroxylation is 2. The van der Waals surface area contributed by atoms with Gasteiger partial charge in [-0.25, -0.2) is 4.39 Å². The van der Waals surface area contributed by atoms with Crippen LogP contribution in [0, 0.1) is 19.7 Å². The van der Waals surface area contributed by atoms with Crippen LogP contribution >= 0.6 is 11.6 Å². The Labute approximate surface area is 110 Å². The minimum absolute atomic E-state index is 0.226. The Hall–Kier alpha value is -1.39. The van der Waals surface area contributed by atoms with Crippen molar-refractivity contribution in [2.24, 2.45) is 0 Å². The second-order valence-electron chi connectivity index (χ2n) is 4.29. The van der Waals surface area contributed by atoms with Gasteiger partial charge in [-0.05, 0) is 32.0 Å². The molecule has 2 aromatic rings. The number of aliphatic hydroxyl groups is 1. The lowest BCUT2D eigenvalue weighted by atomic mass is 10.1. The highest BCUT2D eigenvalue weighted by molar-refractivity contribution is 6.31. The number of aromatic nitrogens is 2. The van der Waals surface area contributed by atoms with Crippen LogP contribution in [0.2, 0.25) is 5.02 Å². The molecule has 0 saturated heterocycles. The third kappa shape index (κ3) is 2.71. The van der Waals surface area contributed by atoms with Gasteiger partial charge in [0.05, 0.1) is 18.3 Å². The number of hydrogen-bond acceptors (Lipinski definition) is 2. The van der Waals surface area contributed by atoms with E-state index in [2.05, 4.69) is 5.10 Å². The topological polar surface area (TPSA) is 38.0 Å². The monoisotopic (exact) mass is 268 g/mol. The number of hydrogen-bond donors (Lipinski definition) is 1. The smallest absolute Gasteiger partial charge is 0.124 e. The summed E-state index contributed by atoms with van der Waals surface area (Å²) in [6.45, 7) is 4.10. The lowest BCUT2D eigenvalue weighted by Crippen LogP contribution is -2.12. The van der Waals surface area contributed by atoms with E-state index >= 15 is 0 Å². The average Bonchev–Trinajstić information content (AvgIpc) is 2.57. The summed E-state index contributed by atoms with van der Waals surface area (Å²) in [6.07, 6.45) is -0.809. The molecule has 0 amide bonds. The summed E-state index contributed by atoms with van der Waals surface area (Å²) >= 11 is 5.91. The van der Waals surface area contributed by atoms with Crippen molar-refractivity contribution in [2.75, 3.05) is 0 Å². The van der Waals surface area contributed by atoms with Crippen molar-refractivity contribution in [2.45, 2.75) is 26.5 Å². The van der Waals surface area contributed by atoms with E-state index in [0.717, 1.165) is 11.4 Å². The van der Waals surface area contributed by atoms with E-state index < -0.39 is 11.9 Å². The van der Waals surface area contributed by atoms with Crippen LogP contribution in [0.5, 0.6) is 0 Å². The maximum Gasteiger partial charge on any atom is 0.124 e. The SMILES string of the molecule is Cc1cc(C)n(C[C@@H](O)c2ccc(F)cc2Cl)n1. The molecule has 3 nitrogen and oxygen atoms in total. The predicted molar refractivity (Wildman–Crippen MR) is 68.1 cm³/mol. The van der Waals surface area contributed by atoms with Gasteiger partial charge in [0.1, 0.15) is 5.82 Å². The van der Waals surface area contributed by atoms with E-state index in [1.807, 2.05) is 19.9 Å². The van der Waals surface area contributed by atoms with Crippen LogP contribution in [-0.4, -0.2) is 14.9 Å². The van der Waals surface area contributed by atoms with E-state index in [1.165, 1.54) is 18.2 Å². The zero-order valence-corrected chi connectivity index (χ0v) is 10.9. The molecule has 0 fully saturated rings. The van der Waals surface area contributed by atoms with Crippen molar-refractivity contribution in [3.8, 4) is 0 Å². The maximum absolute atomic E-state index is 12.9. The number of aliphatic hydroxyl groups excluding tert-OH is 1. The van der Waals surface area contributed by atoms with E-state index in [9.17, 15) is 9.50 Å². The Bertz CT molecular complexity index is 568. The van der Waals surface area contributed by atoms with Crippen molar-refractivity contribution in [3.05, 3.63) is 52.1 Å². The van der Waals surface area contributed by atoms with Gasteiger partial charge in [0.15, 0.2) is 0 Å². The summed E-state index contributed by atoms with van der Waals surface area (Å²) in [6, 6.07) is 5.90. The number of rotatable bonds is 3. The highest BCUT2D eigenvalue weighted by Crippen LogP contribution is 2.25. The molecule has 96 valence electrons. The Morgan fingerprint density at radius 2 is 2.11 bits per heavy atom. The molecule has 18 heavy (non-hydrogen) atoms. The molecule has 0 unspecified atom stereocenters. The van der Waals surface area contributed by atoms with Crippen LogP contribution in [0.1, 0.15) is 23.1 Å². The second kappa shape index (κ2) is 5.08. The zero-order chi connectivity index (χ0) is 13.3. The van der Waals surface area contributed by atoms with Crippen LogP contribution < -0.4 is 0 Å². The van der Waals surface area contributed by atoms with Crippen molar-refractivity contribution >= 4 is 11.6 Å². The highest BCUT2D eigenvalue weighted by atomic mass is 35.5. The van der Waals surface area contributed by atoms with Crippen molar-refractivity contribution in [1.29, 1.82) is 0 Å². The fourth-order valence-corrected chi connectivity index (χ4v) is 2.19. The molecule has 1 heterocycles. The van der Waals surface area contributed by atoms with E-state index in [0.29, 0.717) is 12.1 Å². The van der Waals surface area contributed by atoms with Crippen molar-refractivity contribution < 1.29 is 9.50 Å². The number of benzene rings is 1. The molecule has 0 aliphatic heterocycles. The molecule has 0 radical (unpaired) electrons. The number of halogens is 2. The maximum atomic E-state index is 12.9. The van der Waals surface area contributed by atoms with E-state index in [1.54, 1.807) is 4.68 Å². The quantitative estimate of drug-likeness (QED) is 0.929. The number of nitrogens with zero attached hydrogens (tertiary/aromatic N) is 2. The molecular weight excluding hydrogens is 255 g/mol. The third-order valence-corrected chi connectivity index (χ3v) is 3.10. The van der Waals surface area contributed by atoms with Gasteiger partial charge in [-0.1, -0.05) is 17.7 Å². The van der Waals surface area contributed by atoms with Gasteiger partial charge in [0.25, 0.3) is 0 Å². The largest absolute Gasteiger partial charge is 0.386 e. The molecule has 0 bridgehead atoms. The minimum atomic E-state index is -0.809. The Balaban J connectivity index is 2.21. The Kier molecular flexibility index (Phi) is 3.68. The molecule has 5 heteroatoms. The summed E-state index contributed by atoms with van der Waals surface area (Å²) in [5.74, 6) is -0.415. The fourth-order valence-electron chi connectivity index (χ4n) is 1.89. The van der Waals surface area contributed by atoms with Gasteiger partial charge in [-0.2, -0.15) is 5.10 Å². The van der Waals surface area contributed by atoms with Gasteiger partial charge < -0.3 is 5.11 Å². The first-order valence-electron chi connectivity index (χ1n) is 5.61. The van der Waals surface area contributed by atoms with Crippen LogP contribution in [0.15, 0.2) is 24.3 Å². The first-order valence-corrected chi connectivity index (χ1v) is 5.99. The molecule has 2 rings (SSSR count). The van der Waals surface area contributed by atoms with Crippen LogP contribution in [0.25, 0.3) is 0 Å². The second-order valence-corrected chi connectivity index (χ2v) is 4.70. The van der Waals surface area contributed by atoms with Crippen LogP contribution in [-0.2, 0) is 6.54 Å². The summed E-state index contributed by atoms with van der Waals surface area (Å²) in [5.41, 5.74) is 2.36. The van der Waals surface area contributed by atoms with Crippen LogP contribution in [0.3, 0.4) is 0 Å². The summed E-state index contributed by atoms with van der Waals surface area (Å²) in [4.78, 5) is 0.